The number of carbonyl (C=O) groups excluding carboxylic acids is 1. The zero-order valence-corrected chi connectivity index (χ0v) is 17.3. The molecule has 0 aromatic carbocycles. The molecule has 1 fully saturated rings. The van der Waals surface area contributed by atoms with Gasteiger partial charge in [-0.2, -0.15) is 0 Å². The lowest BCUT2D eigenvalue weighted by Gasteiger charge is -2.37. The van der Waals surface area contributed by atoms with Crippen LogP contribution in [0, 0.1) is 6.92 Å². The van der Waals surface area contributed by atoms with E-state index in [1.165, 1.54) is 5.00 Å². The number of anilines is 2. The van der Waals surface area contributed by atoms with Gasteiger partial charge in [-0.1, -0.05) is 6.07 Å². The number of pyridine rings is 1. The van der Waals surface area contributed by atoms with Gasteiger partial charge in [-0.15, -0.1) is 11.3 Å². The van der Waals surface area contributed by atoms with Gasteiger partial charge in [0.1, 0.15) is 5.82 Å². The summed E-state index contributed by atoms with van der Waals surface area (Å²) < 4.78 is 0. The minimum absolute atomic E-state index is 0.0692. The first-order valence-corrected chi connectivity index (χ1v) is 10.6. The van der Waals surface area contributed by atoms with Crippen molar-refractivity contribution in [2.45, 2.75) is 20.3 Å². The molecule has 2 aromatic rings. The molecule has 2 N–H and O–H groups in total. The molecular weight excluding hydrogens is 372 g/mol. The van der Waals surface area contributed by atoms with Gasteiger partial charge in [0.15, 0.2) is 5.96 Å². The molecule has 1 aliphatic rings. The first kappa shape index (κ1) is 20.1. The van der Waals surface area contributed by atoms with Gasteiger partial charge >= 0.3 is 0 Å². The average Bonchev–Trinajstić information content (AvgIpc) is 3.22. The number of nitrogens with zero attached hydrogens (tertiary/aromatic N) is 4. The Balaban J connectivity index is 1.49. The van der Waals surface area contributed by atoms with Crippen LogP contribution in [0.3, 0.4) is 0 Å². The van der Waals surface area contributed by atoms with Crippen molar-refractivity contribution in [2.24, 2.45) is 4.99 Å². The van der Waals surface area contributed by atoms with E-state index in [4.69, 9.17) is 0 Å². The van der Waals surface area contributed by atoms with Gasteiger partial charge in [0, 0.05) is 44.8 Å². The van der Waals surface area contributed by atoms with E-state index >= 15 is 0 Å². The molecule has 3 heterocycles. The molecule has 0 unspecified atom stereocenters. The number of thiophene rings is 1. The quantitative estimate of drug-likeness (QED) is 0.576. The third-order valence-electron chi connectivity index (χ3n) is 4.49. The molecule has 0 bridgehead atoms. The van der Waals surface area contributed by atoms with E-state index in [0.29, 0.717) is 18.8 Å². The Bertz CT molecular complexity index is 784. The fraction of sp³-hybridized carbons (Fsp3) is 0.450. The predicted molar refractivity (Wildman–Crippen MR) is 116 cm³/mol. The topological polar surface area (TPSA) is 72.9 Å². The van der Waals surface area contributed by atoms with Gasteiger partial charge in [-0.05, 0) is 43.5 Å². The van der Waals surface area contributed by atoms with Crippen molar-refractivity contribution in [1.82, 2.24) is 15.2 Å². The lowest BCUT2D eigenvalue weighted by molar-refractivity contribution is -0.116. The summed E-state index contributed by atoms with van der Waals surface area (Å²) in [5, 5.41) is 9.62. The molecule has 0 radical (unpaired) electrons. The maximum Gasteiger partial charge on any atom is 0.227 e. The van der Waals surface area contributed by atoms with Gasteiger partial charge < -0.3 is 20.4 Å². The number of hydrogen-bond acceptors (Lipinski definition) is 5. The zero-order valence-electron chi connectivity index (χ0n) is 16.5. The number of rotatable bonds is 6. The van der Waals surface area contributed by atoms with E-state index < -0.39 is 0 Å². The number of carbonyl (C=O) groups is 1. The van der Waals surface area contributed by atoms with Crippen molar-refractivity contribution >= 4 is 34.0 Å². The van der Waals surface area contributed by atoms with Gasteiger partial charge in [0.2, 0.25) is 5.91 Å². The second kappa shape index (κ2) is 10.1. The molecule has 150 valence electrons. The molecule has 3 rings (SSSR count). The number of nitrogens with one attached hydrogen (secondary N) is 2. The summed E-state index contributed by atoms with van der Waals surface area (Å²) in [6.45, 7) is 9.02. The standard InChI is InChI=1S/C20H28N6OS/c1-3-21-20(26-13-11-25(12-14-26)19-8-5-15-28-19)22-10-9-18(27)24-17-7-4-6-16(2)23-17/h4-8,15H,3,9-14H2,1-2H3,(H,21,22)(H,23,24,27). The number of guanidine groups is 1. The molecular formula is C20H28N6OS. The Morgan fingerprint density at radius 2 is 2.04 bits per heavy atom. The second-order valence-electron chi connectivity index (χ2n) is 6.62. The van der Waals surface area contributed by atoms with E-state index in [1.807, 2.05) is 19.1 Å². The maximum absolute atomic E-state index is 12.2. The number of aryl methyl sites for hydroxylation is 1. The molecule has 2 aromatic heterocycles. The second-order valence-corrected chi connectivity index (χ2v) is 7.55. The molecule has 8 heteroatoms. The van der Waals surface area contributed by atoms with E-state index in [1.54, 1.807) is 17.4 Å². The Labute approximate surface area is 170 Å². The first-order valence-electron chi connectivity index (χ1n) is 9.71. The zero-order chi connectivity index (χ0) is 19.8. The third-order valence-corrected chi connectivity index (χ3v) is 5.42. The Morgan fingerprint density at radius 1 is 1.21 bits per heavy atom. The lowest BCUT2D eigenvalue weighted by Crippen LogP contribution is -2.52. The summed E-state index contributed by atoms with van der Waals surface area (Å²) in [6, 6.07) is 9.85. The highest BCUT2D eigenvalue weighted by Crippen LogP contribution is 2.22. The molecule has 1 aliphatic heterocycles. The molecule has 7 nitrogen and oxygen atoms in total. The molecule has 1 amide bonds. The van der Waals surface area contributed by atoms with Crippen LogP contribution in [0.4, 0.5) is 10.8 Å². The smallest absolute Gasteiger partial charge is 0.227 e. The van der Waals surface area contributed by atoms with Crippen LogP contribution in [0.15, 0.2) is 40.7 Å². The van der Waals surface area contributed by atoms with Crippen LogP contribution in [0.1, 0.15) is 19.0 Å². The Hall–Kier alpha value is -2.61. The highest BCUT2D eigenvalue weighted by molar-refractivity contribution is 7.14. The van der Waals surface area contributed by atoms with Gasteiger partial charge in [0.05, 0.1) is 11.5 Å². The van der Waals surface area contributed by atoms with Gasteiger partial charge in [0.25, 0.3) is 0 Å². The molecule has 28 heavy (non-hydrogen) atoms. The summed E-state index contributed by atoms with van der Waals surface area (Å²) in [5.74, 6) is 1.40. The van der Waals surface area contributed by atoms with Crippen molar-refractivity contribution in [2.75, 3.05) is 49.5 Å². The minimum Gasteiger partial charge on any atom is -0.360 e. The summed E-state index contributed by atoms with van der Waals surface area (Å²) in [5.41, 5.74) is 0.881. The van der Waals surface area contributed by atoms with Crippen molar-refractivity contribution in [3.63, 3.8) is 0 Å². The SMILES string of the molecule is CCNC(=NCCC(=O)Nc1cccc(C)n1)N1CCN(c2cccs2)CC1. The van der Waals surface area contributed by atoms with Crippen LogP contribution in [-0.2, 0) is 4.79 Å². The molecule has 0 spiro atoms. The fourth-order valence-electron chi connectivity index (χ4n) is 3.10. The number of hydrogen-bond donors (Lipinski definition) is 2. The maximum atomic E-state index is 12.2. The molecule has 1 saturated heterocycles. The predicted octanol–water partition coefficient (Wildman–Crippen LogP) is 2.57. The number of aliphatic imine (C=N–C) groups is 1. The Morgan fingerprint density at radius 3 is 2.71 bits per heavy atom. The van der Waals surface area contributed by atoms with Crippen LogP contribution in [0.5, 0.6) is 0 Å². The van der Waals surface area contributed by atoms with Crippen LogP contribution in [0.2, 0.25) is 0 Å². The van der Waals surface area contributed by atoms with Gasteiger partial charge in [-0.25, -0.2) is 4.98 Å². The fourth-order valence-corrected chi connectivity index (χ4v) is 3.88. The minimum atomic E-state index is -0.0692. The number of amides is 1. The van der Waals surface area contributed by atoms with E-state index in [-0.39, 0.29) is 5.91 Å². The highest BCUT2D eigenvalue weighted by atomic mass is 32.1. The van der Waals surface area contributed by atoms with Crippen molar-refractivity contribution < 1.29 is 4.79 Å². The van der Waals surface area contributed by atoms with Crippen molar-refractivity contribution in [1.29, 1.82) is 0 Å². The summed E-state index contributed by atoms with van der Waals surface area (Å²) in [7, 11) is 0. The third kappa shape index (κ3) is 5.69. The number of piperazine rings is 1. The van der Waals surface area contributed by atoms with Crippen LogP contribution < -0.4 is 15.5 Å². The van der Waals surface area contributed by atoms with Crippen molar-refractivity contribution in [3.05, 3.63) is 41.4 Å². The molecule has 0 atom stereocenters. The average molecular weight is 401 g/mol. The first-order chi connectivity index (χ1) is 13.7. The van der Waals surface area contributed by atoms with E-state index in [9.17, 15) is 4.79 Å². The lowest BCUT2D eigenvalue weighted by atomic mass is 10.3. The monoisotopic (exact) mass is 400 g/mol. The van der Waals surface area contributed by atoms with Crippen molar-refractivity contribution in [3.8, 4) is 0 Å². The van der Waals surface area contributed by atoms with Gasteiger partial charge in [-0.3, -0.25) is 9.79 Å². The molecule has 0 saturated carbocycles. The largest absolute Gasteiger partial charge is 0.360 e. The summed E-state index contributed by atoms with van der Waals surface area (Å²) in [6.07, 6.45) is 0.333. The normalized spacial score (nSPS) is 14.9. The van der Waals surface area contributed by atoms with Crippen LogP contribution in [-0.4, -0.2) is 61.0 Å². The summed E-state index contributed by atoms with van der Waals surface area (Å²) >= 11 is 1.78. The van der Waals surface area contributed by atoms with Crippen LogP contribution >= 0.6 is 11.3 Å². The number of aromatic nitrogens is 1. The van der Waals surface area contributed by atoms with Crippen LogP contribution in [0.25, 0.3) is 0 Å². The molecule has 0 aliphatic carbocycles. The van der Waals surface area contributed by atoms with E-state index in [0.717, 1.165) is 44.4 Å². The highest BCUT2D eigenvalue weighted by Gasteiger charge is 2.20. The summed E-state index contributed by atoms with van der Waals surface area (Å²) in [4.78, 5) is 25.8. The van der Waals surface area contributed by atoms with E-state index in [2.05, 4.69) is 54.8 Å². The Kier molecular flexibility index (Phi) is 7.25.